The molecule has 7 heteroatoms. The first-order chi connectivity index (χ1) is 15.5. The van der Waals surface area contributed by atoms with Gasteiger partial charge in [-0.3, -0.25) is 0 Å². The zero-order valence-electron chi connectivity index (χ0n) is 20.0. The molecule has 2 rings (SSSR count). The molecule has 1 aromatic carbocycles. The molecular formula is C25H38F2O5. The highest BCUT2D eigenvalue weighted by Gasteiger charge is 2.23. The van der Waals surface area contributed by atoms with E-state index in [2.05, 4.69) is 6.92 Å². The Balaban J connectivity index is 1.69. The fourth-order valence-electron chi connectivity index (χ4n) is 3.26. The Hall–Kier alpha value is -1.54. The summed E-state index contributed by atoms with van der Waals surface area (Å²) in [7, 11) is 0. The number of hydrogen-bond acceptors (Lipinski definition) is 5. The standard InChI is InChI=1S/C25H38F2O5/c1-5-10-28-12-14-30-16-17-31-15-13-29-11-9-22(21-7-6-8-21)32-25-23(26)19(3)18(2)20(4)24(25)27/h5-17H2,1-4H3. The minimum Gasteiger partial charge on any atom is -0.455 e. The van der Waals surface area contributed by atoms with Crippen LogP contribution in [0.15, 0.2) is 11.3 Å². The smallest absolute Gasteiger partial charge is 0.198 e. The van der Waals surface area contributed by atoms with Gasteiger partial charge in [0.2, 0.25) is 0 Å². The van der Waals surface area contributed by atoms with Crippen molar-refractivity contribution in [1.29, 1.82) is 0 Å². The quantitative estimate of drug-likeness (QED) is 0.240. The molecule has 32 heavy (non-hydrogen) atoms. The Bertz CT molecular complexity index is 713. The van der Waals surface area contributed by atoms with Crippen molar-refractivity contribution in [2.24, 2.45) is 0 Å². The van der Waals surface area contributed by atoms with E-state index in [1.807, 2.05) is 0 Å². The minimum atomic E-state index is -0.628. The third kappa shape index (κ3) is 8.10. The van der Waals surface area contributed by atoms with Gasteiger partial charge in [0.15, 0.2) is 17.4 Å². The fourth-order valence-corrected chi connectivity index (χ4v) is 3.26. The van der Waals surface area contributed by atoms with Crippen molar-refractivity contribution in [2.75, 3.05) is 52.9 Å². The van der Waals surface area contributed by atoms with E-state index in [9.17, 15) is 8.78 Å². The molecular weight excluding hydrogens is 418 g/mol. The molecule has 5 nitrogen and oxygen atoms in total. The molecule has 0 atom stereocenters. The van der Waals surface area contributed by atoms with Crippen LogP contribution in [0.2, 0.25) is 0 Å². The van der Waals surface area contributed by atoms with Crippen LogP contribution >= 0.6 is 0 Å². The van der Waals surface area contributed by atoms with E-state index in [0.29, 0.717) is 75.1 Å². The van der Waals surface area contributed by atoms with Gasteiger partial charge in [-0.15, -0.1) is 0 Å². The van der Waals surface area contributed by atoms with E-state index in [-0.39, 0.29) is 5.75 Å². The average molecular weight is 457 g/mol. The monoisotopic (exact) mass is 456 g/mol. The van der Waals surface area contributed by atoms with Gasteiger partial charge in [-0.05, 0) is 68.7 Å². The summed E-state index contributed by atoms with van der Waals surface area (Å²) < 4.78 is 57.0. The Labute approximate surface area is 191 Å². The molecule has 0 bridgehead atoms. The van der Waals surface area contributed by atoms with Gasteiger partial charge in [0, 0.05) is 13.0 Å². The summed E-state index contributed by atoms with van der Waals surface area (Å²) in [6.45, 7) is 11.3. The van der Waals surface area contributed by atoms with Crippen molar-refractivity contribution in [2.45, 2.75) is 59.8 Å². The molecule has 1 saturated carbocycles. The first-order valence-electron chi connectivity index (χ1n) is 11.6. The lowest BCUT2D eigenvalue weighted by atomic mass is 9.90. The molecule has 0 unspecified atom stereocenters. The maximum absolute atomic E-state index is 14.7. The number of ether oxygens (including phenoxy) is 5. The molecule has 0 aromatic heterocycles. The van der Waals surface area contributed by atoms with Crippen molar-refractivity contribution in [3.8, 4) is 5.75 Å². The first kappa shape index (κ1) is 26.7. The second-order valence-corrected chi connectivity index (χ2v) is 8.01. The van der Waals surface area contributed by atoms with Crippen LogP contribution in [0.3, 0.4) is 0 Å². The molecule has 182 valence electrons. The lowest BCUT2D eigenvalue weighted by molar-refractivity contribution is -0.00190. The van der Waals surface area contributed by atoms with Crippen LogP contribution in [0.25, 0.3) is 0 Å². The van der Waals surface area contributed by atoms with E-state index in [1.165, 1.54) is 0 Å². The van der Waals surface area contributed by atoms with Crippen molar-refractivity contribution in [3.63, 3.8) is 0 Å². The lowest BCUT2D eigenvalue weighted by Gasteiger charge is -2.23. The highest BCUT2D eigenvalue weighted by molar-refractivity contribution is 5.44. The number of rotatable bonds is 16. The van der Waals surface area contributed by atoms with Crippen molar-refractivity contribution < 1.29 is 32.5 Å². The van der Waals surface area contributed by atoms with Gasteiger partial charge in [-0.1, -0.05) is 6.92 Å². The van der Waals surface area contributed by atoms with Crippen LogP contribution in [0.1, 0.15) is 55.7 Å². The molecule has 1 fully saturated rings. The summed E-state index contributed by atoms with van der Waals surface area (Å²) >= 11 is 0. The summed E-state index contributed by atoms with van der Waals surface area (Å²) in [6.07, 6.45) is 4.35. The number of hydrogen-bond donors (Lipinski definition) is 0. The van der Waals surface area contributed by atoms with E-state index < -0.39 is 11.6 Å². The average Bonchev–Trinajstić information content (AvgIpc) is 2.75. The largest absolute Gasteiger partial charge is 0.455 e. The third-order valence-electron chi connectivity index (χ3n) is 5.70. The molecule has 0 amide bonds. The van der Waals surface area contributed by atoms with Crippen molar-refractivity contribution in [3.05, 3.63) is 39.7 Å². The summed E-state index contributed by atoms with van der Waals surface area (Å²) in [5.74, 6) is -0.937. The SMILES string of the molecule is CCCOCCOCCOCCOCCC(Oc1c(F)c(C)c(C)c(C)c1F)=C1CCC1. The van der Waals surface area contributed by atoms with Gasteiger partial charge in [0.05, 0.1) is 46.2 Å². The molecule has 0 radical (unpaired) electrons. The van der Waals surface area contributed by atoms with E-state index in [4.69, 9.17) is 23.7 Å². The minimum absolute atomic E-state index is 0.302. The predicted octanol–water partition coefficient (Wildman–Crippen LogP) is 5.57. The maximum atomic E-state index is 14.7. The van der Waals surface area contributed by atoms with E-state index in [0.717, 1.165) is 37.9 Å². The van der Waals surface area contributed by atoms with Crippen LogP contribution in [0.4, 0.5) is 8.78 Å². The molecule has 1 aromatic rings. The lowest BCUT2D eigenvalue weighted by Crippen LogP contribution is -2.14. The molecule has 0 aliphatic heterocycles. The van der Waals surface area contributed by atoms with Crippen LogP contribution < -0.4 is 4.74 Å². The summed E-state index contributed by atoms with van der Waals surface area (Å²) in [6, 6.07) is 0. The zero-order chi connectivity index (χ0) is 23.3. The van der Waals surface area contributed by atoms with Gasteiger partial charge in [-0.2, -0.15) is 0 Å². The molecule has 1 aliphatic rings. The van der Waals surface area contributed by atoms with Gasteiger partial charge in [0.1, 0.15) is 5.76 Å². The third-order valence-corrected chi connectivity index (χ3v) is 5.70. The van der Waals surface area contributed by atoms with Crippen LogP contribution in [-0.2, 0) is 18.9 Å². The summed E-state index contributed by atoms with van der Waals surface area (Å²) in [5.41, 5.74) is 2.56. The van der Waals surface area contributed by atoms with Crippen LogP contribution in [0, 0.1) is 32.4 Å². The topological polar surface area (TPSA) is 46.2 Å². The Morgan fingerprint density at radius 3 is 1.59 bits per heavy atom. The highest BCUT2D eigenvalue weighted by Crippen LogP contribution is 2.36. The fraction of sp³-hybridized carbons (Fsp3) is 0.680. The van der Waals surface area contributed by atoms with Crippen LogP contribution in [-0.4, -0.2) is 52.9 Å². The first-order valence-corrected chi connectivity index (χ1v) is 11.6. The molecule has 1 aliphatic carbocycles. The molecule has 0 heterocycles. The van der Waals surface area contributed by atoms with E-state index >= 15 is 0 Å². The summed E-state index contributed by atoms with van der Waals surface area (Å²) in [4.78, 5) is 0. The van der Waals surface area contributed by atoms with Gasteiger partial charge in [0.25, 0.3) is 0 Å². The van der Waals surface area contributed by atoms with Crippen molar-refractivity contribution >= 4 is 0 Å². The molecule has 0 spiro atoms. The Kier molecular flexibility index (Phi) is 12.2. The second kappa shape index (κ2) is 14.6. The van der Waals surface area contributed by atoms with Crippen LogP contribution in [0.5, 0.6) is 5.75 Å². The van der Waals surface area contributed by atoms with Gasteiger partial charge < -0.3 is 23.7 Å². The van der Waals surface area contributed by atoms with Crippen molar-refractivity contribution in [1.82, 2.24) is 0 Å². The zero-order valence-corrected chi connectivity index (χ0v) is 20.0. The Morgan fingerprint density at radius 2 is 1.16 bits per heavy atom. The molecule has 0 saturated heterocycles. The summed E-state index contributed by atoms with van der Waals surface area (Å²) in [5, 5.41) is 0. The molecule has 0 N–H and O–H groups in total. The van der Waals surface area contributed by atoms with Gasteiger partial charge in [-0.25, -0.2) is 8.78 Å². The van der Waals surface area contributed by atoms with Gasteiger partial charge >= 0.3 is 0 Å². The predicted molar refractivity (Wildman–Crippen MR) is 120 cm³/mol. The maximum Gasteiger partial charge on any atom is 0.198 e. The number of benzene rings is 1. The highest BCUT2D eigenvalue weighted by atomic mass is 19.1. The second-order valence-electron chi connectivity index (χ2n) is 8.01. The normalized spacial score (nSPS) is 13.4. The van der Waals surface area contributed by atoms with E-state index in [1.54, 1.807) is 20.8 Å². The number of halogens is 2. The number of allylic oxidation sites excluding steroid dienone is 1. The Morgan fingerprint density at radius 1 is 0.688 bits per heavy atom.